The SMILES string of the molecule is O=C(Oc1ccc2cc(OC(=O)c3ccc(OCC4CO4)cc3)ccc2c1)c1ccc(OCC2CO2)cc1. The molecule has 0 aromatic heterocycles. The average molecular weight is 513 g/mol. The van der Waals surface area contributed by atoms with Crippen molar-refractivity contribution in [2.45, 2.75) is 12.2 Å². The van der Waals surface area contributed by atoms with Crippen LogP contribution >= 0.6 is 0 Å². The fraction of sp³-hybridized carbons (Fsp3) is 0.200. The van der Waals surface area contributed by atoms with Crippen molar-refractivity contribution in [3.63, 3.8) is 0 Å². The number of hydrogen-bond acceptors (Lipinski definition) is 8. The third kappa shape index (κ3) is 6.11. The maximum Gasteiger partial charge on any atom is 0.343 e. The number of fused-ring (bicyclic) bond motifs is 1. The molecule has 4 aromatic carbocycles. The molecule has 2 aliphatic rings. The molecule has 2 aliphatic heterocycles. The topological polar surface area (TPSA) is 96.1 Å². The van der Waals surface area contributed by atoms with Gasteiger partial charge in [0.15, 0.2) is 0 Å². The minimum absolute atomic E-state index is 0.168. The van der Waals surface area contributed by atoms with Gasteiger partial charge in [0.1, 0.15) is 48.4 Å². The zero-order chi connectivity index (χ0) is 25.9. The summed E-state index contributed by atoms with van der Waals surface area (Å²) < 4.78 is 32.5. The van der Waals surface area contributed by atoms with Crippen molar-refractivity contribution in [3.05, 3.63) is 96.1 Å². The lowest BCUT2D eigenvalue weighted by Crippen LogP contribution is -2.09. The third-order valence-electron chi connectivity index (χ3n) is 6.06. The second-order valence-electron chi connectivity index (χ2n) is 9.03. The molecule has 0 spiro atoms. The van der Waals surface area contributed by atoms with Crippen molar-refractivity contribution in [3.8, 4) is 23.0 Å². The first-order chi connectivity index (χ1) is 18.6. The lowest BCUT2D eigenvalue weighted by Gasteiger charge is -2.09. The smallest absolute Gasteiger partial charge is 0.343 e. The van der Waals surface area contributed by atoms with Crippen LogP contribution in [0.25, 0.3) is 10.8 Å². The zero-order valence-electron chi connectivity index (χ0n) is 20.3. The first-order valence-electron chi connectivity index (χ1n) is 12.3. The van der Waals surface area contributed by atoms with Gasteiger partial charge in [0.2, 0.25) is 0 Å². The van der Waals surface area contributed by atoms with Crippen LogP contribution in [0.15, 0.2) is 84.9 Å². The van der Waals surface area contributed by atoms with Crippen molar-refractivity contribution < 1.29 is 38.0 Å². The highest BCUT2D eigenvalue weighted by molar-refractivity contribution is 5.93. The van der Waals surface area contributed by atoms with Gasteiger partial charge in [0.25, 0.3) is 0 Å². The summed E-state index contributed by atoms with van der Waals surface area (Å²) in [5.41, 5.74) is 0.831. The van der Waals surface area contributed by atoms with Crippen LogP contribution in [-0.4, -0.2) is 50.6 Å². The Morgan fingerprint density at radius 3 is 1.32 bits per heavy atom. The molecule has 0 amide bonds. The van der Waals surface area contributed by atoms with E-state index in [4.69, 9.17) is 28.4 Å². The second kappa shape index (κ2) is 10.5. The van der Waals surface area contributed by atoms with Gasteiger partial charge in [0, 0.05) is 0 Å². The Bertz CT molecular complexity index is 1340. The Morgan fingerprint density at radius 1 is 0.579 bits per heavy atom. The summed E-state index contributed by atoms with van der Waals surface area (Å²) in [6.07, 6.45) is 0.335. The maximum absolute atomic E-state index is 12.6. The Hall–Kier alpha value is -4.40. The fourth-order valence-electron chi connectivity index (χ4n) is 3.74. The van der Waals surface area contributed by atoms with Gasteiger partial charge < -0.3 is 28.4 Å². The Balaban J connectivity index is 1.06. The zero-order valence-corrected chi connectivity index (χ0v) is 20.3. The molecule has 0 bridgehead atoms. The maximum atomic E-state index is 12.6. The molecule has 8 heteroatoms. The van der Waals surface area contributed by atoms with Gasteiger partial charge in [0.05, 0.1) is 24.3 Å². The molecule has 0 N–H and O–H groups in total. The van der Waals surface area contributed by atoms with Crippen molar-refractivity contribution in [1.29, 1.82) is 0 Å². The van der Waals surface area contributed by atoms with Gasteiger partial charge in [-0.25, -0.2) is 9.59 Å². The van der Waals surface area contributed by atoms with E-state index in [0.717, 1.165) is 24.0 Å². The lowest BCUT2D eigenvalue weighted by atomic mass is 10.1. The number of carbonyl (C=O) groups excluding carboxylic acids is 2. The van der Waals surface area contributed by atoms with Crippen molar-refractivity contribution in [1.82, 2.24) is 0 Å². The minimum Gasteiger partial charge on any atom is -0.491 e. The van der Waals surface area contributed by atoms with Crippen LogP contribution in [0.2, 0.25) is 0 Å². The highest BCUT2D eigenvalue weighted by atomic mass is 16.6. The molecule has 2 unspecified atom stereocenters. The quantitative estimate of drug-likeness (QED) is 0.169. The predicted octanol–water partition coefficient (Wildman–Crippen LogP) is 4.83. The molecular formula is C30H24O8. The van der Waals surface area contributed by atoms with Crippen LogP contribution in [0.5, 0.6) is 23.0 Å². The van der Waals surface area contributed by atoms with Gasteiger partial charge in [-0.05, 0) is 83.6 Å². The summed E-state index contributed by atoms with van der Waals surface area (Å²) in [5, 5.41) is 1.67. The summed E-state index contributed by atoms with van der Waals surface area (Å²) in [6, 6.07) is 24.1. The van der Waals surface area contributed by atoms with Crippen LogP contribution in [-0.2, 0) is 9.47 Å². The first kappa shape index (κ1) is 24.0. The number of benzene rings is 4. The molecule has 2 heterocycles. The lowest BCUT2D eigenvalue weighted by molar-refractivity contribution is 0.0725. The minimum atomic E-state index is -0.468. The van der Waals surface area contributed by atoms with Crippen molar-refractivity contribution in [2.24, 2.45) is 0 Å². The Morgan fingerprint density at radius 2 is 0.947 bits per heavy atom. The van der Waals surface area contributed by atoms with Crippen LogP contribution in [0, 0.1) is 0 Å². The van der Waals surface area contributed by atoms with E-state index in [-0.39, 0.29) is 12.2 Å². The number of esters is 2. The van der Waals surface area contributed by atoms with E-state index >= 15 is 0 Å². The summed E-state index contributed by atoms with van der Waals surface area (Å²) in [6.45, 7) is 2.46. The number of hydrogen-bond donors (Lipinski definition) is 0. The molecule has 2 saturated heterocycles. The van der Waals surface area contributed by atoms with E-state index in [1.54, 1.807) is 72.8 Å². The van der Waals surface area contributed by atoms with Crippen LogP contribution in [0.4, 0.5) is 0 Å². The molecule has 6 rings (SSSR count). The van der Waals surface area contributed by atoms with Gasteiger partial charge in [-0.1, -0.05) is 12.1 Å². The van der Waals surface area contributed by atoms with Crippen molar-refractivity contribution >= 4 is 22.7 Å². The number of rotatable bonds is 10. The van der Waals surface area contributed by atoms with Crippen LogP contribution < -0.4 is 18.9 Å². The molecule has 192 valence electrons. The summed E-state index contributed by atoms with van der Waals surface area (Å²) in [4.78, 5) is 25.2. The first-order valence-corrected chi connectivity index (χ1v) is 12.3. The van der Waals surface area contributed by atoms with E-state index in [1.807, 2.05) is 12.1 Å². The van der Waals surface area contributed by atoms with Crippen LogP contribution in [0.1, 0.15) is 20.7 Å². The third-order valence-corrected chi connectivity index (χ3v) is 6.06. The monoisotopic (exact) mass is 512 g/mol. The molecule has 0 aliphatic carbocycles. The second-order valence-corrected chi connectivity index (χ2v) is 9.03. The van der Waals surface area contributed by atoms with E-state index in [9.17, 15) is 9.59 Å². The average Bonchev–Trinajstić information content (AvgIpc) is 3.87. The standard InChI is InChI=1S/C30H24O8/c31-29(19-1-7-23(8-2-19)33-15-27-17-35-27)37-25-11-5-22-14-26(12-6-21(22)13-25)38-30(32)20-3-9-24(10-4-20)34-16-28-18-36-28/h1-14,27-28H,15-18H2. The number of carbonyl (C=O) groups is 2. The Labute approximate surface area is 218 Å². The molecule has 8 nitrogen and oxygen atoms in total. The van der Waals surface area contributed by atoms with E-state index < -0.39 is 11.9 Å². The Kier molecular flexibility index (Phi) is 6.64. The summed E-state index contributed by atoms with van der Waals surface area (Å²) in [7, 11) is 0. The highest BCUT2D eigenvalue weighted by Crippen LogP contribution is 2.27. The predicted molar refractivity (Wildman–Crippen MR) is 137 cm³/mol. The van der Waals surface area contributed by atoms with Gasteiger partial charge in [-0.15, -0.1) is 0 Å². The summed E-state index contributed by atoms with van der Waals surface area (Å²) in [5.74, 6) is 1.23. The van der Waals surface area contributed by atoms with Crippen LogP contribution in [0.3, 0.4) is 0 Å². The van der Waals surface area contributed by atoms with E-state index in [2.05, 4.69) is 0 Å². The normalized spacial score (nSPS) is 17.5. The number of epoxide rings is 2. The van der Waals surface area contributed by atoms with Crippen molar-refractivity contribution in [2.75, 3.05) is 26.4 Å². The van der Waals surface area contributed by atoms with Gasteiger partial charge in [-0.2, -0.15) is 0 Å². The number of ether oxygens (including phenoxy) is 6. The molecule has 38 heavy (non-hydrogen) atoms. The molecule has 2 fully saturated rings. The van der Waals surface area contributed by atoms with E-state index in [0.29, 0.717) is 47.3 Å². The molecule has 2 atom stereocenters. The fourth-order valence-corrected chi connectivity index (χ4v) is 3.74. The van der Waals surface area contributed by atoms with Gasteiger partial charge >= 0.3 is 11.9 Å². The molecule has 4 aromatic rings. The van der Waals surface area contributed by atoms with E-state index in [1.165, 1.54) is 0 Å². The molecule has 0 radical (unpaired) electrons. The highest BCUT2D eigenvalue weighted by Gasteiger charge is 2.23. The largest absolute Gasteiger partial charge is 0.491 e. The summed E-state index contributed by atoms with van der Waals surface area (Å²) >= 11 is 0. The molecular weight excluding hydrogens is 488 g/mol. The van der Waals surface area contributed by atoms with Gasteiger partial charge in [-0.3, -0.25) is 0 Å². The molecule has 0 saturated carbocycles.